The highest BCUT2D eigenvalue weighted by molar-refractivity contribution is 6.30. The Labute approximate surface area is 81.1 Å². The first kappa shape index (κ1) is 10.0. The SMILES string of the molecule is N#C[C@@H](Cc1ccc(Cl)cc1)OO. The van der Waals surface area contributed by atoms with Crippen LogP contribution in [0.3, 0.4) is 0 Å². The van der Waals surface area contributed by atoms with Crippen molar-refractivity contribution in [2.45, 2.75) is 12.5 Å². The molecule has 0 bridgehead atoms. The third-order valence-corrected chi connectivity index (χ3v) is 1.86. The van der Waals surface area contributed by atoms with Crippen molar-refractivity contribution in [2.24, 2.45) is 0 Å². The average molecular weight is 198 g/mol. The van der Waals surface area contributed by atoms with Crippen molar-refractivity contribution >= 4 is 11.6 Å². The van der Waals surface area contributed by atoms with Crippen LogP contribution in [0.2, 0.25) is 5.02 Å². The maximum Gasteiger partial charge on any atom is 0.182 e. The summed E-state index contributed by atoms with van der Waals surface area (Å²) in [6.07, 6.45) is -0.467. The summed E-state index contributed by atoms with van der Waals surface area (Å²) in [5, 5.41) is 17.4. The molecule has 0 aliphatic rings. The molecule has 0 amide bonds. The lowest BCUT2D eigenvalue weighted by molar-refractivity contribution is -0.263. The van der Waals surface area contributed by atoms with Crippen molar-refractivity contribution in [3.63, 3.8) is 0 Å². The maximum atomic E-state index is 8.48. The predicted molar refractivity (Wildman–Crippen MR) is 48.3 cm³/mol. The van der Waals surface area contributed by atoms with Crippen LogP contribution in [0, 0.1) is 11.3 Å². The van der Waals surface area contributed by atoms with Gasteiger partial charge in [0.1, 0.15) is 0 Å². The molecule has 0 aromatic heterocycles. The third kappa shape index (κ3) is 3.03. The molecule has 1 atom stereocenters. The molecular formula is C9H8ClNO2. The molecule has 0 aliphatic heterocycles. The van der Waals surface area contributed by atoms with Gasteiger partial charge in [0.15, 0.2) is 6.10 Å². The molecule has 1 aromatic rings. The first-order valence-electron chi connectivity index (χ1n) is 3.70. The number of nitriles is 1. The maximum absolute atomic E-state index is 8.48. The molecule has 0 saturated heterocycles. The van der Waals surface area contributed by atoms with E-state index < -0.39 is 6.10 Å². The summed E-state index contributed by atoms with van der Waals surface area (Å²) in [5.74, 6) is 0. The van der Waals surface area contributed by atoms with Gasteiger partial charge >= 0.3 is 0 Å². The van der Waals surface area contributed by atoms with Crippen molar-refractivity contribution in [3.05, 3.63) is 34.9 Å². The molecule has 0 saturated carbocycles. The van der Waals surface area contributed by atoms with Gasteiger partial charge in [0.25, 0.3) is 0 Å². The predicted octanol–water partition coefficient (Wildman–Crippen LogP) is 2.26. The van der Waals surface area contributed by atoms with Crippen LogP contribution in [0.15, 0.2) is 24.3 Å². The van der Waals surface area contributed by atoms with Gasteiger partial charge in [-0.25, -0.2) is 4.89 Å². The van der Waals surface area contributed by atoms with Crippen LogP contribution in [0.1, 0.15) is 5.56 Å². The summed E-state index contributed by atoms with van der Waals surface area (Å²) in [5.41, 5.74) is 0.894. The molecule has 13 heavy (non-hydrogen) atoms. The summed E-state index contributed by atoms with van der Waals surface area (Å²) in [7, 11) is 0. The molecule has 4 heteroatoms. The van der Waals surface area contributed by atoms with E-state index in [2.05, 4.69) is 4.89 Å². The second-order valence-electron chi connectivity index (χ2n) is 2.55. The number of halogens is 1. The van der Waals surface area contributed by atoms with Gasteiger partial charge in [0.2, 0.25) is 0 Å². The fourth-order valence-electron chi connectivity index (χ4n) is 0.941. The zero-order valence-electron chi connectivity index (χ0n) is 6.77. The first-order chi connectivity index (χ1) is 6.26. The molecule has 1 aromatic carbocycles. The van der Waals surface area contributed by atoms with Gasteiger partial charge in [0.05, 0.1) is 6.07 Å². The van der Waals surface area contributed by atoms with Crippen LogP contribution in [-0.2, 0) is 11.3 Å². The molecular weight excluding hydrogens is 190 g/mol. The minimum Gasteiger partial charge on any atom is -0.250 e. The van der Waals surface area contributed by atoms with E-state index >= 15 is 0 Å². The number of rotatable bonds is 3. The summed E-state index contributed by atoms with van der Waals surface area (Å²) in [6.45, 7) is 0. The van der Waals surface area contributed by atoms with Gasteiger partial charge in [-0.05, 0) is 17.7 Å². The highest BCUT2D eigenvalue weighted by Crippen LogP contribution is 2.11. The Bertz CT molecular complexity index is 304. The second-order valence-corrected chi connectivity index (χ2v) is 2.99. The van der Waals surface area contributed by atoms with Crippen molar-refractivity contribution in [3.8, 4) is 6.07 Å². The number of hydrogen-bond donors (Lipinski definition) is 1. The fraction of sp³-hybridized carbons (Fsp3) is 0.222. The summed E-state index contributed by atoms with van der Waals surface area (Å²) in [4.78, 5) is 3.94. The van der Waals surface area contributed by atoms with E-state index in [4.69, 9.17) is 22.1 Å². The molecule has 0 heterocycles. The quantitative estimate of drug-likeness (QED) is 0.598. The van der Waals surface area contributed by atoms with E-state index in [-0.39, 0.29) is 0 Å². The van der Waals surface area contributed by atoms with Crippen LogP contribution in [0.4, 0.5) is 0 Å². The molecule has 68 valence electrons. The normalized spacial score (nSPS) is 12.1. The molecule has 0 aliphatic carbocycles. The second kappa shape index (κ2) is 4.83. The van der Waals surface area contributed by atoms with E-state index in [1.807, 2.05) is 6.07 Å². The summed E-state index contributed by atoms with van der Waals surface area (Å²) in [6, 6.07) is 8.83. The van der Waals surface area contributed by atoms with Crippen molar-refractivity contribution in [2.75, 3.05) is 0 Å². The van der Waals surface area contributed by atoms with E-state index in [0.717, 1.165) is 5.56 Å². The van der Waals surface area contributed by atoms with E-state index in [0.29, 0.717) is 11.4 Å². The van der Waals surface area contributed by atoms with Crippen LogP contribution in [0.25, 0.3) is 0 Å². The minimum absolute atomic E-state index is 0.351. The molecule has 0 fully saturated rings. The third-order valence-electron chi connectivity index (χ3n) is 1.61. The van der Waals surface area contributed by atoms with Crippen LogP contribution in [-0.4, -0.2) is 11.4 Å². The lowest BCUT2D eigenvalue weighted by Gasteiger charge is -2.04. The highest BCUT2D eigenvalue weighted by atomic mass is 35.5. The molecule has 1 N–H and O–H groups in total. The van der Waals surface area contributed by atoms with Gasteiger partial charge in [-0.1, -0.05) is 23.7 Å². The molecule has 1 rings (SSSR count). The Balaban J connectivity index is 2.64. The van der Waals surface area contributed by atoms with E-state index in [1.165, 1.54) is 0 Å². The zero-order chi connectivity index (χ0) is 9.68. The molecule has 0 spiro atoms. The number of hydrogen-bond acceptors (Lipinski definition) is 3. The van der Waals surface area contributed by atoms with Gasteiger partial charge in [-0.3, -0.25) is 5.26 Å². The topological polar surface area (TPSA) is 53.2 Å². The first-order valence-corrected chi connectivity index (χ1v) is 4.08. The van der Waals surface area contributed by atoms with Gasteiger partial charge < -0.3 is 0 Å². The number of benzene rings is 1. The largest absolute Gasteiger partial charge is 0.250 e. The minimum atomic E-state index is -0.818. The van der Waals surface area contributed by atoms with Gasteiger partial charge in [0, 0.05) is 11.4 Å². The Kier molecular flexibility index (Phi) is 3.71. The van der Waals surface area contributed by atoms with Crippen molar-refractivity contribution < 1.29 is 10.1 Å². The van der Waals surface area contributed by atoms with Crippen LogP contribution < -0.4 is 0 Å². The lowest BCUT2D eigenvalue weighted by atomic mass is 10.1. The Morgan fingerprint density at radius 3 is 2.54 bits per heavy atom. The monoisotopic (exact) mass is 197 g/mol. The standard InChI is InChI=1S/C9H8ClNO2/c10-8-3-1-7(2-4-8)5-9(6-11)13-12/h1-4,9,12H,5H2/t9-/m1/s1. The Hall–Kier alpha value is -1.08. The van der Waals surface area contributed by atoms with Crippen molar-refractivity contribution in [1.82, 2.24) is 0 Å². The smallest absolute Gasteiger partial charge is 0.182 e. The highest BCUT2D eigenvalue weighted by Gasteiger charge is 2.07. The fourth-order valence-corrected chi connectivity index (χ4v) is 1.07. The molecule has 3 nitrogen and oxygen atoms in total. The van der Waals surface area contributed by atoms with Gasteiger partial charge in [-0.2, -0.15) is 5.26 Å². The van der Waals surface area contributed by atoms with E-state index in [1.54, 1.807) is 24.3 Å². The van der Waals surface area contributed by atoms with Gasteiger partial charge in [-0.15, -0.1) is 0 Å². The summed E-state index contributed by atoms with van der Waals surface area (Å²) >= 11 is 5.67. The lowest BCUT2D eigenvalue weighted by Crippen LogP contribution is -2.11. The average Bonchev–Trinajstić information content (AvgIpc) is 2.17. The van der Waals surface area contributed by atoms with Crippen LogP contribution >= 0.6 is 11.6 Å². The Morgan fingerprint density at radius 2 is 2.08 bits per heavy atom. The Morgan fingerprint density at radius 1 is 1.46 bits per heavy atom. The van der Waals surface area contributed by atoms with Crippen molar-refractivity contribution in [1.29, 1.82) is 5.26 Å². The molecule has 0 radical (unpaired) electrons. The summed E-state index contributed by atoms with van der Waals surface area (Å²) < 4.78 is 0. The zero-order valence-corrected chi connectivity index (χ0v) is 7.53. The van der Waals surface area contributed by atoms with Crippen LogP contribution in [0.5, 0.6) is 0 Å². The van der Waals surface area contributed by atoms with E-state index in [9.17, 15) is 0 Å². The molecule has 0 unspecified atom stereocenters. The number of nitrogens with zero attached hydrogens (tertiary/aromatic N) is 1.